The van der Waals surface area contributed by atoms with Crippen LogP contribution < -0.4 is 5.32 Å². The summed E-state index contributed by atoms with van der Waals surface area (Å²) in [7, 11) is 3.92. The Morgan fingerprint density at radius 1 is 1.00 bits per heavy atom. The average Bonchev–Trinajstić information content (AvgIpc) is 2.84. The highest BCUT2D eigenvalue weighted by Gasteiger charge is 2.45. The van der Waals surface area contributed by atoms with Gasteiger partial charge in [0, 0.05) is 18.9 Å². The SMILES string of the molecule is Cc1ccc(C(CN(C)C)C2(OC(=O)CCC(=O)N[C@H](C(=O)OC(=O)C(F)(F)F)C(C)C)CCCCC2)cc1. The lowest BCUT2D eigenvalue weighted by Crippen LogP contribution is -2.48. The van der Waals surface area contributed by atoms with Crippen LogP contribution in [0.25, 0.3) is 0 Å². The zero-order valence-electron chi connectivity index (χ0n) is 23.2. The van der Waals surface area contributed by atoms with Crippen LogP contribution in [0.15, 0.2) is 24.3 Å². The minimum absolute atomic E-state index is 0.0857. The number of halogens is 3. The van der Waals surface area contributed by atoms with Crippen molar-refractivity contribution in [2.24, 2.45) is 5.92 Å². The van der Waals surface area contributed by atoms with Gasteiger partial charge in [-0.15, -0.1) is 0 Å². The van der Waals surface area contributed by atoms with Gasteiger partial charge in [0.05, 0.1) is 6.42 Å². The molecule has 1 aliphatic rings. The van der Waals surface area contributed by atoms with Gasteiger partial charge in [-0.3, -0.25) is 9.59 Å². The minimum atomic E-state index is -5.34. The lowest BCUT2D eigenvalue weighted by Gasteiger charge is -2.44. The van der Waals surface area contributed by atoms with Crippen LogP contribution in [0.5, 0.6) is 0 Å². The average molecular weight is 557 g/mol. The molecule has 218 valence electrons. The number of benzene rings is 1. The number of hydrogen-bond donors (Lipinski definition) is 1. The predicted molar refractivity (Wildman–Crippen MR) is 138 cm³/mol. The summed E-state index contributed by atoms with van der Waals surface area (Å²) >= 11 is 0. The molecule has 1 aromatic carbocycles. The second-order valence-electron chi connectivity index (χ2n) is 10.8. The molecule has 8 nitrogen and oxygen atoms in total. The zero-order chi connectivity index (χ0) is 29.4. The molecule has 1 saturated carbocycles. The van der Waals surface area contributed by atoms with Crippen molar-refractivity contribution in [1.82, 2.24) is 10.2 Å². The molecule has 39 heavy (non-hydrogen) atoms. The van der Waals surface area contributed by atoms with E-state index in [0.29, 0.717) is 19.4 Å². The molecule has 0 aromatic heterocycles. The molecule has 1 fully saturated rings. The minimum Gasteiger partial charge on any atom is -0.458 e. The molecule has 0 heterocycles. The summed E-state index contributed by atoms with van der Waals surface area (Å²) in [5.41, 5.74) is 1.44. The first-order valence-electron chi connectivity index (χ1n) is 13.2. The van der Waals surface area contributed by atoms with Crippen molar-refractivity contribution in [3.05, 3.63) is 35.4 Å². The molecular weight excluding hydrogens is 517 g/mol. The van der Waals surface area contributed by atoms with E-state index in [2.05, 4.69) is 27.1 Å². The first kappa shape index (κ1) is 32.3. The number of amides is 1. The Hall–Kier alpha value is -2.95. The summed E-state index contributed by atoms with van der Waals surface area (Å²) in [6, 6.07) is 6.67. The molecule has 0 saturated heterocycles. The van der Waals surface area contributed by atoms with Crippen molar-refractivity contribution in [2.75, 3.05) is 20.6 Å². The van der Waals surface area contributed by atoms with Crippen LogP contribution in [0.1, 0.15) is 75.8 Å². The van der Waals surface area contributed by atoms with E-state index in [-0.39, 0.29) is 18.8 Å². The number of nitrogens with zero attached hydrogens (tertiary/aromatic N) is 1. The van der Waals surface area contributed by atoms with Gasteiger partial charge >= 0.3 is 24.1 Å². The van der Waals surface area contributed by atoms with Gasteiger partial charge in [-0.25, -0.2) is 9.59 Å². The van der Waals surface area contributed by atoms with Crippen LogP contribution >= 0.6 is 0 Å². The van der Waals surface area contributed by atoms with Gasteiger partial charge in [0.15, 0.2) is 0 Å². The highest BCUT2D eigenvalue weighted by molar-refractivity contribution is 5.93. The number of rotatable bonds is 11. The van der Waals surface area contributed by atoms with E-state index < -0.39 is 47.6 Å². The third-order valence-corrected chi connectivity index (χ3v) is 6.90. The van der Waals surface area contributed by atoms with E-state index in [9.17, 15) is 32.3 Å². The van der Waals surface area contributed by atoms with Crippen molar-refractivity contribution in [2.45, 2.75) is 89.5 Å². The van der Waals surface area contributed by atoms with Crippen molar-refractivity contribution in [3.63, 3.8) is 0 Å². The normalized spacial score (nSPS) is 16.9. The third kappa shape index (κ3) is 9.63. The molecule has 2 rings (SSSR count). The molecule has 0 bridgehead atoms. The standard InChI is InChI=1S/C28H39F3N2O6/c1-18(2)24(25(36)38-26(37)28(29,30)31)32-22(34)13-14-23(35)39-27(15-7-6-8-16-27)21(17-33(4)5)20-11-9-19(3)10-12-20/h9-12,18,21,24H,6-8,13-17H2,1-5H3,(H,32,34)/t21?,24-/m0/s1. The molecule has 1 amide bonds. The van der Waals surface area contributed by atoms with E-state index in [1.165, 1.54) is 13.8 Å². The van der Waals surface area contributed by atoms with E-state index in [4.69, 9.17) is 4.74 Å². The topological polar surface area (TPSA) is 102 Å². The van der Waals surface area contributed by atoms with Crippen molar-refractivity contribution >= 4 is 23.8 Å². The van der Waals surface area contributed by atoms with E-state index in [1.807, 2.05) is 33.2 Å². The maximum Gasteiger partial charge on any atom is 0.491 e. The van der Waals surface area contributed by atoms with Gasteiger partial charge in [0.25, 0.3) is 0 Å². The molecule has 11 heteroatoms. The van der Waals surface area contributed by atoms with Gasteiger partial charge in [-0.05, 0) is 58.2 Å². The highest BCUT2D eigenvalue weighted by atomic mass is 19.4. The first-order valence-corrected chi connectivity index (χ1v) is 13.2. The Morgan fingerprint density at radius 3 is 2.10 bits per heavy atom. The summed E-state index contributed by atoms with van der Waals surface area (Å²) in [5, 5.41) is 2.27. The number of ether oxygens (including phenoxy) is 2. The fraction of sp³-hybridized carbons (Fsp3) is 0.643. The predicted octanol–water partition coefficient (Wildman–Crippen LogP) is 4.44. The summed E-state index contributed by atoms with van der Waals surface area (Å²) in [6.07, 6.45) is -1.76. The Labute approximate surface area is 227 Å². The molecule has 1 unspecified atom stereocenters. The number of carbonyl (C=O) groups excluding carboxylic acids is 4. The Kier molecular flexibility index (Phi) is 11.5. The van der Waals surface area contributed by atoms with Crippen molar-refractivity contribution < 1.29 is 41.8 Å². The number of aryl methyl sites for hydroxylation is 1. The van der Waals surface area contributed by atoms with Crippen LogP contribution in [-0.2, 0) is 28.7 Å². The van der Waals surface area contributed by atoms with Gasteiger partial charge in [-0.1, -0.05) is 50.1 Å². The van der Waals surface area contributed by atoms with Crippen molar-refractivity contribution in [3.8, 4) is 0 Å². The second kappa shape index (κ2) is 13.9. The van der Waals surface area contributed by atoms with E-state index >= 15 is 0 Å². The fourth-order valence-corrected chi connectivity index (χ4v) is 4.86. The largest absolute Gasteiger partial charge is 0.491 e. The molecule has 1 N–H and O–H groups in total. The van der Waals surface area contributed by atoms with Gasteiger partial charge < -0.3 is 19.7 Å². The first-order chi connectivity index (χ1) is 18.1. The van der Waals surface area contributed by atoms with Crippen LogP contribution in [-0.4, -0.2) is 67.2 Å². The Balaban J connectivity index is 2.10. The summed E-state index contributed by atoms with van der Waals surface area (Å²) in [4.78, 5) is 50.7. The second-order valence-corrected chi connectivity index (χ2v) is 10.8. The van der Waals surface area contributed by atoms with Gasteiger partial charge in [0.1, 0.15) is 11.6 Å². The Morgan fingerprint density at radius 2 is 1.59 bits per heavy atom. The molecule has 1 aliphatic carbocycles. The molecular formula is C28H39F3N2O6. The third-order valence-electron chi connectivity index (χ3n) is 6.90. The maximum absolute atomic E-state index is 13.0. The number of esters is 3. The molecule has 1 aromatic rings. The van der Waals surface area contributed by atoms with E-state index in [1.54, 1.807) is 0 Å². The maximum atomic E-state index is 13.0. The smallest absolute Gasteiger partial charge is 0.458 e. The quantitative estimate of drug-likeness (QED) is 0.318. The van der Waals surface area contributed by atoms with Crippen molar-refractivity contribution in [1.29, 1.82) is 0 Å². The monoisotopic (exact) mass is 556 g/mol. The lowest BCUT2D eigenvalue weighted by molar-refractivity contribution is -0.202. The summed E-state index contributed by atoms with van der Waals surface area (Å²) in [5.74, 6) is -6.25. The van der Waals surface area contributed by atoms with Gasteiger partial charge in [0.2, 0.25) is 5.91 Å². The van der Waals surface area contributed by atoms with E-state index in [0.717, 1.165) is 30.4 Å². The number of nitrogens with one attached hydrogen (secondary N) is 1. The molecule has 2 atom stereocenters. The van der Waals surface area contributed by atoms with Crippen LogP contribution in [0.3, 0.4) is 0 Å². The lowest BCUT2D eigenvalue weighted by atomic mass is 9.72. The molecule has 0 spiro atoms. The number of likely N-dealkylation sites (N-methyl/N-ethyl adjacent to an activating group) is 1. The number of hydrogen-bond acceptors (Lipinski definition) is 7. The van der Waals surface area contributed by atoms with Crippen LogP contribution in [0.2, 0.25) is 0 Å². The fourth-order valence-electron chi connectivity index (χ4n) is 4.86. The number of alkyl halides is 3. The highest BCUT2D eigenvalue weighted by Crippen LogP contribution is 2.43. The zero-order valence-corrected chi connectivity index (χ0v) is 23.2. The van der Waals surface area contributed by atoms with Crippen LogP contribution in [0.4, 0.5) is 13.2 Å². The summed E-state index contributed by atoms with van der Waals surface area (Å²) in [6.45, 7) is 5.61. The van der Waals surface area contributed by atoms with Gasteiger partial charge in [-0.2, -0.15) is 13.2 Å². The van der Waals surface area contributed by atoms with Crippen LogP contribution in [0, 0.1) is 12.8 Å². The molecule has 0 aliphatic heterocycles. The Bertz CT molecular complexity index is 1000. The number of carbonyl (C=O) groups is 4. The summed E-state index contributed by atoms with van der Waals surface area (Å²) < 4.78 is 47.4. The molecule has 0 radical (unpaired) electrons.